The molecule has 0 radical (unpaired) electrons. The zero-order valence-corrected chi connectivity index (χ0v) is 18.6. The fraction of sp³-hybridized carbons (Fsp3) is 0.261. The van der Waals surface area contributed by atoms with E-state index in [1.807, 2.05) is 38.1 Å². The van der Waals surface area contributed by atoms with Gasteiger partial charge in [-0.1, -0.05) is 0 Å². The van der Waals surface area contributed by atoms with Gasteiger partial charge in [-0.2, -0.15) is 4.31 Å². The number of benzene rings is 2. The van der Waals surface area contributed by atoms with Crippen LogP contribution in [0.15, 0.2) is 59.5 Å². The van der Waals surface area contributed by atoms with Gasteiger partial charge in [0.2, 0.25) is 10.0 Å². The molecule has 32 heavy (non-hydrogen) atoms. The molecule has 0 bridgehead atoms. The van der Waals surface area contributed by atoms with Crippen molar-refractivity contribution in [2.45, 2.75) is 18.7 Å². The molecule has 168 valence electrons. The van der Waals surface area contributed by atoms with Gasteiger partial charge in [0.05, 0.1) is 0 Å². The Bertz CT molecular complexity index is 1240. The number of hydrogen-bond donors (Lipinski definition) is 0. The number of rotatable bonds is 4. The maximum Gasteiger partial charge on any atom is 0.253 e. The molecule has 1 fully saturated rings. The average Bonchev–Trinajstić information content (AvgIpc) is 3.11. The molecule has 1 saturated heterocycles. The van der Waals surface area contributed by atoms with Crippen molar-refractivity contribution in [3.05, 3.63) is 83.2 Å². The van der Waals surface area contributed by atoms with Gasteiger partial charge >= 0.3 is 0 Å². The number of carbonyl (C=O) groups is 1. The van der Waals surface area contributed by atoms with E-state index in [4.69, 9.17) is 0 Å². The van der Waals surface area contributed by atoms with Crippen LogP contribution >= 0.6 is 0 Å². The summed E-state index contributed by atoms with van der Waals surface area (Å²) in [6, 6.07) is 13.7. The molecule has 9 heteroatoms. The molecule has 2 aromatic carbocycles. The lowest BCUT2D eigenvalue weighted by Crippen LogP contribution is -2.50. The monoisotopic (exact) mass is 459 g/mol. The summed E-state index contributed by atoms with van der Waals surface area (Å²) < 4.78 is 55.8. The van der Waals surface area contributed by atoms with E-state index in [1.54, 1.807) is 17.0 Å². The predicted octanol–water partition coefficient (Wildman–Crippen LogP) is 3.52. The first-order chi connectivity index (χ1) is 15.2. The predicted molar refractivity (Wildman–Crippen MR) is 116 cm³/mol. The number of aromatic nitrogens is 1. The van der Waals surface area contributed by atoms with Crippen LogP contribution in [0.2, 0.25) is 0 Å². The van der Waals surface area contributed by atoms with Crippen LogP contribution in [-0.2, 0) is 10.0 Å². The van der Waals surface area contributed by atoms with Gasteiger partial charge in [0.1, 0.15) is 16.5 Å². The molecule has 3 aromatic rings. The van der Waals surface area contributed by atoms with E-state index in [0.29, 0.717) is 11.6 Å². The lowest BCUT2D eigenvalue weighted by atomic mass is 10.1. The second-order valence-corrected chi connectivity index (χ2v) is 9.68. The Hall–Kier alpha value is -3.04. The number of amides is 1. The molecule has 1 amide bonds. The fourth-order valence-electron chi connectivity index (χ4n) is 3.97. The number of nitrogens with zero attached hydrogens (tertiary/aromatic N) is 3. The Balaban J connectivity index is 1.44. The van der Waals surface area contributed by atoms with Crippen molar-refractivity contribution in [2.75, 3.05) is 26.2 Å². The molecular weight excluding hydrogens is 436 g/mol. The number of carbonyl (C=O) groups excluding carboxylic acids is 1. The first-order valence-corrected chi connectivity index (χ1v) is 11.6. The third-order valence-electron chi connectivity index (χ3n) is 5.68. The quantitative estimate of drug-likeness (QED) is 0.600. The summed E-state index contributed by atoms with van der Waals surface area (Å²) in [6.45, 7) is 4.45. The zero-order chi connectivity index (χ0) is 23.0. The van der Waals surface area contributed by atoms with Crippen molar-refractivity contribution in [3.8, 4) is 5.69 Å². The van der Waals surface area contributed by atoms with Crippen LogP contribution in [0, 0.1) is 25.5 Å². The number of sulfonamides is 1. The normalized spacial score (nSPS) is 15.2. The maximum absolute atomic E-state index is 14.0. The number of halogens is 2. The molecule has 0 unspecified atom stereocenters. The molecule has 2 heterocycles. The molecule has 0 aliphatic carbocycles. The molecule has 0 atom stereocenters. The summed E-state index contributed by atoms with van der Waals surface area (Å²) in [5, 5.41) is 0. The van der Waals surface area contributed by atoms with Crippen LogP contribution in [0.25, 0.3) is 5.69 Å². The Labute approximate surface area is 185 Å². The van der Waals surface area contributed by atoms with Crippen molar-refractivity contribution in [3.63, 3.8) is 0 Å². The Morgan fingerprint density at radius 3 is 2.00 bits per heavy atom. The highest BCUT2D eigenvalue weighted by Gasteiger charge is 2.32. The minimum Gasteiger partial charge on any atom is -0.336 e. The second kappa shape index (κ2) is 8.48. The van der Waals surface area contributed by atoms with Crippen molar-refractivity contribution in [1.29, 1.82) is 0 Å². The Kier molecular flexibility index (Phi) is 5.87. The Morgan fingerprint density at radius 1 is 0.844 bits per heavy atom. The van der Waals surface area contributed by atoms with E-state index in [-0.39, 0.29) is 32.1 Å². The van der Waals surface area contributed by atoms with Gasteiger partial charge < -0.3 is 9.47 Å². The van der Waals surface area contributed by atoms with Gasteiger partial charge in [0.25, 0.3) is 5.91 Å². The topological polar surface area (TPSA) is 62.6 Å². The van der Waals surface area contributed by atoms with Crippen LogP contribution < -0.4 is 0 Å². The smallest absolute Gasteiger partial charge is 0.253 e. The highest BCUT2D eigenvalue weighted by atomic mass is 32.2. The summed E-state index contributed by atoms with van der Waals surface area (Å²) in [4.78, 5) is 13.9. The maximum atomic E-state index is 14.0. The average molecular weight is 460 g/mol. The zero-order valence-electron chi connectivity index (χ0n) is 17.8. The van der Waals surface area contributed by atoms with Crippen molar-refractivity contribution < 1.29 is 22.0 Å². The standard InChI is InChI=1S/C23H23F2N3O3S/c1-16-3-4-17(2)28(16)20-8-5-18(6-9-20)23(29)26-11-13-27(14-12-26)32(30,31)22-10-7-19(24)15-21(22)25/h3-10,15H,11-14H2,1-2H3. The van der Waals surface area contributed by atoms with Crippen molar-refractivity contribution >= 4 is 15.9 Å². The summed E-state index contributed by atoms with van der Waals surface area (Å²) in [6.07, 6.45) is 0. The first kappa shape index (κ1) is 22.2. The lowest BCUT2D eigenvalue weighted by molar-refractivity contribution is 0.0697. The van der Waals surface area contributed by atoms with Gasteiger partial charge in [-0.25, -0.2) is 17.2 Å². The summed E-state index contributed by atoms with van der Waals surface area (Å²) >= 11 is 0. The van der Waals surface area contributed by atoms with E-state index < -0.39 is 26.6 Å². The largest absolute Gasteiger partial charge is 0.336 e. The molecule has 0 spiro atoms. The highest BCUT2D eigenvalue weighted by molar-refractivity contribution is 7.89. The third kappa shape index (κ3) is 4.05. The van der Waals surface area contributed by atoms with Gasteiger partial charge in [-0.3, -0.25) is 4.79 Å². The molecule has 1 aliphatic rings. The Morgan fingerprint density at radius 2 is 1.44 bits per heavy atom. The number of piperazine rings is 1. The molecule has 6 nitrogen and oxygen atoms in total. The third-order valence-corrected chi connectivity index (χ3v) is 7.61. The molecule has 0 N–H and O–H groups in total. The minimum absolute atomic E-state index is 0.0325. The SMILES string of the molecule is Cc1ccc(C)n1-c1ccc(C(=O)N2CCN(S(=O)(=O)c3ccc(F)cc3F)CC2)cc1. The van der Waals surface area contributed by atoms with Crippen LogP contribution in [0.4, 0.5) is 8.78 Å². The molecule has 4 rings (SSSR count). The summed E-state index contributed by atoms with van der Waals surface area (Å²) in [5.41, 5.74) is 3.66. The van der Waals surface area contributed by atoms with E-state index in [9.17, 15) is 22.0 Å². The molecular formula is C23H23F2N3O3S. The van der Waals surface area contributed by atoms with Gasteiger partial charge in [0, 0.05) is 54.9 Å². The van der Waals surface area contributed by atoms with E-state index in [1.165, 1.54) is 0 Å². The molecule has 0 saturated carbocycles. The highest BCUT2D eigenvalue weighted by Crippen LogP contribution is 2.22. The first-order valence-electron chi connectivity index (χ1n) is 10.2. The van der Waals surface area contributed by atoms with E-state index >= 15 is 0 Å². The van der Waals surface area contributed by atoms with E-state index in [2.05, 4.69) is 4.57 Å². The van der Waals surface area contributed by atoms with Gasteiger partial charge in [-0.05, 0) is 62.4 Å². The lowest BCUT2D eigenvalue weighted by Gasteiger charge is -2.34. The molecule has 1 aromatic heterocycles. The molecule has 1 aliphatic heterocycles. The summed E-state index contributed by atoms with van der Waals surface area (Å²) in [5.74, 6) is -2.16. The number of aryl methyl sites for hydroxylation is 2. The fourth-order valence-corrected chi connectivity index (χ4v) is 5.43. The van der Waals surface area contributed by atoms with Crippen LogP contribution in [0.5, 0.6) is 0 Å². The van der Waals surface area contributed by atoms with Gasteiger partial charge in [0.15, 0.2) is 0 Å². The summed E-state index contributed by atoms with van der Waals surface area (Å²) in [7, 11) is -4.11. The van der Waals surface area contributed by atoms with Crippen molar-refractivity contribution in [2.24, 2.45) is 0 Å². The van der Waals surface area contributed by atoms with Crippen LogP contribution in [0.3, 0.4) is 0 Å². The van der Waals surface area contributed by atoms with Gasteiger partial charge in [-0.15, -0.1) is 0 Å². The van der Waals surface area contributed by atoms with Crippen molar-refractivity contribution in [1.82, 2.24) is 13.8 Å². The van der Waals surface area contributed by atoms with Crippen LogP contribution in [0.1, 0.15) is 21.7 Å². The second-order valence-electron chi connectivity index (χ2n) is 7.77. The van der Waals surface area contributed by atoms with Crippen LogP contribution in [-0.4, -0.2) is 54.3 Å². The number of hydrogen-bond acceptors (Lipinski definition) is 3. The van der Waals surface area contributed by atoms with E-state index in [0.717, 1.165) is 33.5 Å². The minimum atomic E-state index is -4.11.